The van der Waals surface area contributed by atoms with Crippen molar-refractivity contribution in [3.63, 3.8) is 0 Å². The Morgan fingerprint density at radius 2 is 1.65 bits per heavy atom. The van der Waals surface area contributed by atoms with Crippen LogP contribution in [0.25, 0.3) is 0 Å². The number of hydrogen-bond donors (Lipinski definition) is 1. The van der Waals surface area contributed by atoms with Crippen LogP contribution in [0.15, 0.2) is 30.3 Å². The molecule has 0 saturated carbocycles. The van der Waals surface area contributed by atoms with E-state index in [2.05, 4.69) is 0 Å². The van der Waals surface area contributed by atoms with Crippen LogP contribution in [0.2, 0.25) is 0 Å². The molecule has 0 aromatic heterocycles. The number of aryl methyl sites for hydroxylation is 3. The van der Waals surface area contributed by atoms with Gasteiger partial charge in [0.15, 0.2) is 5.78 Å². The Balaban J connectivity index is 2.52. The van der Waals surface area contributed by atoms with E-state index in [1.54, 1.807) is 19.2 Å². The molecule has 0 amide bonds. The van der Waals surface area contributed by atoms with Crippen molar-refractivity contribution in [1.29, 1.82) is 0 Å². The molecule has 20 heavy (non-hydrogen) atoms. The summed E-state index contributed by atoms with van der Waals surface area (Å²) in [4.78, 5) is 12.6. The van der Waals surface area contributed by atoms with Gasteiger partial charge in [-0.05, 0) is 55.7 Å². The van der Waals surface area contributed by atoms with E-state index in [0.29, 0.717) is 22.6 Å². The summed E-state index contributed by atoms with van der Waals surface area (Å²) in [6, 6.07) is 9.12. The number of benzene rings is 2. The second-order valence-electron chi connectivity index (χ2n) is 5.04. The lowest BCUT2D eigenvalue weighted by molar-refractivity contribution is 0.103. The molecule has 3 nitrogen and oxygen atoms in total. The number of carbonyl (C=O) groups is 1. The summed E-state index contributed by atoms with van der Waals surface area (Å²) in [7, 11) is 1.57. The van der Waals surface area contributed by atoms with Gasteiger partial charge in [0, 0.05) is 11.3 Å². The number of methoxy groups -OCH3 is 1. The molecule has 2 N–H and O–H groups in total. The number of nitrogen functional groups attached to an aromatic ring is 1. The first-order chi connectivity index (χ1) is 9.43. The molecule has 0 aliphatic heterocycles. The third-order valence-corrected chi connectivity index (χ3v) is 3.60. The van der Waals surface area contributed by atoms with Crippen molar-refractivity contribution in [3.8, 4) is 5.75 Å². The molecule has 3 heteroatoms. The van der Waals surface area contributed by atoms with Gasteiger partial charge in [-0.25, -0.2) is 0 Å². The molecule has 0 spiro atoms. The molecule has 0 atom stereocenters. The molecule has 2 rings (SSSR count). The lowest BCUT2D eigenvalue weighted by Crippen LogP contribution is -2.06. The number of ketones is 1. The van der Waals surface area contributed by atoms with Crippen molar-refractivity contribution in [1.82, 2.24) is 0 Å². The van der Waals surface area contributed by atoms with E-state index in [-0.39, 0.29) is 5.78 Å². The van der Waals surface area contributed by atoms with Crippen molar-refractivity contribution in [2.24, 2.45) is 0 Å². The number of nitrogens with two attached hydrogens (primary N) is 1. The van der Waals surface area contributed by atoms with E-state index in [9.17, 15) is 4.79 Å². The van der Waals surface area contributed by atoms with Crippen molar-refractivity contribution in [3.05, 3.63) is 58.1 Å². The van der Waals surface area contributed by atoms with Crippen LogP contribution in [0.1, 0.15) is 32.6 Å². The predicted molar refractivity (Wildman–Crippen MR) is 81.5 cm³/mol. The van der Waals surface area contributed by atoms with Gasteiger partial charge in [-0.1, -0.05) is 12.1 Å². The summed E-state index contributed by atoms with van der Waals surface area (Å²) in [5.74, 6) is 0.522. The van der Waals surface area contributed by atoms with E-state index >= 15 is 0 Å². The fraction of sp³-hybridized carbons (Fsp3) is 0.235. The molecule has 2 aromatic rings. The Kier molecular flexibility index (Phi) is 3.79. The monoisotopic (exact) mass is 269 g/mol. The summed E-state index contributed by atoms with van der Waals surface area (Å²) in [5.41, 5.74) is 10.8. The van der Waals surface area contributed by atoms with Crippen LogP contribution in [-0.2, 0) is 0 Å². The smallest absolute Gasteiger partial charge is 0.196 e. The molecular formula is C17H19NO2. The van der Waals surface area contributed by atoms with Gasteiger partial charge in [0.05, 0.1) is 12.7 Å². The standard InChI is InChI=1S/C17H19NO2/c1-10-5-6-13(9-15(10)18)17(19)14-7-11(2)12(3)8-16(14)20-4/h5-9H,18H2,1-4H3. The fourth-order valence-electron chi connectivity index (χ4n) is 2.07. The Morgan fingerprint density at radius 1 is 1.00 bits per heavy atom. The first kappa shape index (κ1) is 14.1. The average molecular weight is 269 g/mol. The highest BCUT2D eigenvalue weighted by molar-refractivity contribution is 6.11. The summed E-state index contributed by atoms with van der Waals surface area (Å²) in [6.07, 6.45) is 0. The lowest BCUT2D eigenvalue weighted by atomic mass is 9.97. The van der Waals surface area contributed by atoms with Gasteiger partial charge in [0.25, 0.3) is 0 Å². The van der Waals surface area contributed by atoms with E-state index in [1.165, 1.54) is 0 Å². The third kappa shape index (κ3) is 2.52. The maximum atomic E-state index is 12.6. The molecule has 0 radical (unpaired) electrons. The van der Waals surface area contributed by atoms with E-state index in [1.807, 2.05) is 39.0 Å². The van der Waals surface area contributed by atoms with Crippen molar-refractivity contribution >= 4 is 11.5 Å². The van der Waals surface area contributed by atoms with E-state index in [4.69, 9.17) is 10.5 Å². The minimum absolute atomic E-state index is 0.0725. The molecule has 0 fully saturated rings. The van der Waals surface area contributed by atoms with Gasteiger partial charge in [0.1, 0.15) is 5.75 Å². The number of anilines is 1. The Labute approximate surface area is 119 Å². The number of rotatable bonds is 3. The molecule has 0 unspecified atom stereocenters. The number of hydrogen-bond acceptors (Lipinski definition) is 3. The maximum Gasteiger partial charge on any atom is 0.196 e. The van der Waals surface area contributed by atoms with Gasteiger partial charge >= 0.3 is 0 Å². The lowest BCUT2D eigenvalue weighted by Gasteiger charge is -2.11. The fourth-order valence-corrected chi connectivity index (χ4v) is 2.07. The van der Waals surface area contributed by atoms with Crippen LogP contribution in [-0.4, -0.2) is 12.9 Å². The van der Waals surface area contributed by atoms with Gasteiger partial charge in [-0.3, -0.25) is 4.79 Å². The third-order valence-electron chi connectivity index (χ3n) is 3.60. The van der Waals surface area contributed by atoms with Crippen LogP contribution >= 0.6 is 0 Å². The highest BCUT2D eigenvalue weighted by Gasteiger charge is 2.16. The van der Waals surface area contributed by atoms with Crippen molar-refractivity contribution in [2.75, 3.05) is 12.8 Å². The van der Waals surface area contributed by atoms with Crippen molar-refractivity contribution < 1.29 is 9.53 Å². The quantitative estimate of drug-likeness (QED) is 0.686. The maximum absolute atomic E-state index is 12.6. The highest BCUT2D eigenvalue weighted by atomic mass is 16.5. The Hall–Kier alpha value is -2.29. The summed E-state index contributed by atoms with van der Waals surface area (Å²) in [5, 5.41) is 0. The molecule has 0 aliphatic rings. The molecule has 104 valence electrons. The first-order valence-electron chi connectivity index (χ1n) is 6.50. The van der Waals surface area contributed by atoms with Crippen LogP contribution in [0.3, 0.4) is 0 Å². The second kappa shape index (κ2) is 5.37. The van der Waals surface area contributed by atoms with Gasteiger partial charge < -0.3 is 10.5 Å². The zero-order valence-corrected chi connectivity index (χ0v) is 12.3. The normalized spacial score (nSPS) is 10.4. The largest absolute Gasteiger partial charge is 0.496 e. The second-order valence-corrected chi connectivity index (χ2v) is 5.04. The summed E-state index contributed by atoms with van der Waals surface area (Å²) < 4.78 is 5.33. The number of carbonyl (C=O) groups excluding carboxylic acids is 1. The summed E-state index contributed by atoms with van der Waals surface area (Å²) in [6.45, 7) is 5.89. The zero-order valence-electron chi connectivity index (χ0n) is 12.3. The minimum Gasteiger partial charge on any atom is -0.496 e. The molecule has 0 saturated heterocycles. The average Bonchev–Trinajstić information content (AvgIpc) is 2.43. The number of ether oxygens (including phenoxy) is 1. The van der Waals surface area contributed by atoms with E-state index < -0.39 is 0 Å². The van der Waals surface area contributed by atoms with Crippen LogP contribution in [0.5, 0.6) is 5.75 Å². The molecule has 0 aliphatic carbocycles. The van der Waals surface area contributed by atoms with Crippen LogP contribution < -0.4 is 10.5 Å². The molecule has 2 aromatic carbocycles. The minimum atomic E-state index is -0.0725. The van der Waals surface area contributed by atoms with Gasteiger partial charge in [-0.15, -0.1) is 0 Å². The zero-order chi connectivity index (χ0) is 14.9. The SMILES string of the molecule is COc1cc(C)c(C)cc1C(=O)c1ccc(C)c(N)c1. The van der Waals surface area contributed by atoms with Crippen LogP contribution in [0, 0.1) is 20.8 Å². The molecule has 0 bridgehead atoms. The van der Waals surface area contributed by atoms with Gasteiger partial charge in [-0.2, -0.15) is 0 Å². The predicted octanol–water partition coefficient (Wildman–Crippen LogP) is 3.43. The molecule has 0 heterocycles. The first-order valence-corrected chi connectivity index (χ1v) is 6.50. The summed E-state index contributed by atoms with van der Waals surface area (Å²) >= 11 is 0. The Morgan fingerprint density at radius 3 is 2.25 bits per heavy atom. The van der Waals surface area contributed by atoms with Crippen LogP contribution in [0.4, 0.5) is 5.69 Å². The topological polar surface area (TPSA) is 52.3 Å². The highest BCUT2D eigenvalue weighted by Crippen LogP contribution is 2.26. The van der Waals surface area contributed by atoms with Gasteiger partial charge in [0.2, 0.25) is 0 Å². The van der Waals surface area contributed by atoms with Crippen molar-refractivity contribution in [2.45, 2.75) is 20.8 Å². The molecular weight excluding hydrogens is 250 g/mol. The van der Waals surface area contributed by atoms with E-state index in [0.717, 1.165) is 16.7 Å². The Bertz CT molecular complexity index is 675.